The number of aliphatic carboxylic acids is 1. The molecule has 0 radical (unpaired) electrons. The molecule has 0 aliphatic heterocycles. The molecule has 0 aromatic heterocycles. The van der Waals surface area contributed by atoms with Crippen molar-refractivity contribution < 1.29 is 19.5 Å². The molecule has 0 saturated heterocycles. The Kier molecular flexibility index (Phi) is 7.82. The number of carboxylic acid groups (broad SMARTS) is 1. The van der Waals surface area contributed by atoms with Crippen LogP contribution in [0.15, 0.2) is 54.6 Å². The molecule has 2 aromatic rings. The van der Waals surface area contributed by atoms with Crippen molar-refractivity contribution in [3.8, 4) is 0 Å². The number of nitrogens with one attached hydrogen (secondary N) is 2. The van der Waals surface area contributed by atoms with Gasteiger partial charge in [0.25, 0.3) is 5.91 Å². The minimum atomic E-state index is -1.08. The van der Waals surface area contributed by atoms with Crippen LogP contribution in [0.3, 0.4) is 0 Å². The lowest BCUT2D eigenvalue weighted by molar-refractivity contribution is -0.141. The zero-order chi connectivity index (χ0) is 19.6. The van der Waals surface area contributed by atoms with Gasteiger partial charge in [0.05, 0.1) is 0 Å². The minimum Gasteiger partial charge on any atom is -0.480 e. The molecule has 0 aliphatic carbocycles. The van der Waals surface area contributed by atoms with Crippen LogP contribution in [0.5, 0.6) is 0 Å². The highest BCUT2D eigenvalue weighted by atomic mass is 35.5. The topological polar surface area (TPSA) is 95.5 Å². The van der Waals surface area contributed by atoms with Gasteiger partial charge in [-0.15, -0.1) is 0 Å². The standard InChI is InChI=1S/C20H21ClN2O4/c21-16-10-8-15(9-11-16)19(25)22-12-4-7-18(24)23-17(20(26)27)13-14-5-2-1-3-6-14/h1-3,5-6,8-11,17H,4,7,12-13H2,(H,22,25)(H,23,24)(H,26,27). The van der Waals surface area contributed by atoms with Crippen LogP contribution in [0.2, 0.25) is 5.02 Å². The van der Waals surface area contributed by atoms with Crippen LogP contribution < -0.4 is 10.6 Å². The van der Waals surface area contributed by atoms with E-state index in [0.717, 1.165) is 5.56 Å². The van der Waals surface area contributed by atoms with Crippen LogP contribution in [0.1, 0.15) is 28.8 Å². The normalized spacial score (nSPS) is 11.4. The minimum absolute atomic E-state index is 0.124. The van der Waals surface area contributed by atoms with Gasteiger partial charge in [0.1, 0.15) is 6.04 Å². The van der Waals surface area contributed by atoms with Crippen LogP contribution in [-0.4, -0.2) is 35.5 Å². The van der Waals surface area contributed by atoms with Crippen LogP contribution in [0.25, 0.3) is 0 Å². The van der Waals surface area contributed by atoms with Crippen LogP contribution in [-0.2, 0) is 16.0 Å². The van der Waals surface area contributed by atoms with E-state index in [1.807, 2.05) is 30.3 Å². The van der Waals surface area contributed by atoms with E-state index >= 15 is 0 Å². The van der Waals surface area contributed by atoms with E-state index in [1.165, 1.54) is 0 Å². The van der Waals surface area contributed by atoms with Gasteiger partial charge in [0, 0.05) is 30.0 Å². The highest BCUT2D eigenvalue weighted by Gasteiger charge is 2.20. The molecule has 3 N–H and O–H groups in total. The fraction of sp³-hybridized carbons (Fsp3) is 0.250. The molecule has 27 heavy (non-hydrogen) atoms. The van der Waals surface area contributed by atoms with Crippen LogP contribution in [0, 0.1) is 0 Å². The third-order valence-electron chi connectivity index (χ3n) is 3.89. The summed E-state index contributed by atoms with van der Waals surface area (Å²) in [4.78, 5) is 35.3. The first-order valence-electron chi connectivity index (χ1n) is 8.55. The van der Waals surface area contributed by atoms with Gasteiger partial charge in [-0.05, 0) is 36.2 Å². The number of rotatable bonds is 9. The third kappa shape index (κ3) is 7.11. The fourth-order valence-corrected chi connectivity index (χ4v) is 2.60. The highest BCUT2D eigenvalue weighted by molar-refractivity contribution is 6.30. The molecular formula is C20H21ClN2O4. The summed E-state index contributed by atoms with van der Waals surface area (Å²) in [6.07, 6.45) is 0.748. The van der Waals surface area contributed by atoms with Gasteiger partial charge in [-0.3, -0.25) is 9.59 Å². The molecule has 1 unspecified atom stereocenters. The van der Waals surface area contributed by atoms with Gasteiger partial charge < -0.3 is 15.7 Å². The van der Waals surface area contributed by atoms with Gasteiger partial charge in [0.15, 0.2) is 0 Å². The SMILES string of the molecule is O=C(CCCNC(=O)c1ccc(Cl)cc1)NC(Cc1ccccc1)C(=O)O. The first kappa shape index (κ1) is 20.5. The van der Waals surface area contributed by atoms with Crippen molar-refractivity contribution in [2.45, 2.75) is 25.3 Å². The molecule has 2 aromatic carbocycles. The predicted octanol–water partition coefficient (Wildman–Crippen LogP) is 2.66. The Hall–Kier alpha value is -2.86. The van der Waals surface area contributed by atoms with Gasteiger partial charge >= 0.3 is 5.97 Å². The van der Waals surface area contributed by atoms with Gasteiger partial charge in [0.2, 0.25) is 5.91 Å². The van der Waals surface area contributed by atoms with Crippen molar-refractivity contribution in [2.75, 3.05) is 6.54 Å². The molecule has 0 spiro atoms. The Morgan fingerprint density at radius 1 is 1.00 bits per heavy atom. The Morgan fingerprint density at radius 2 is 1.67 bits per heavy atom. The summed E-state index contributed by atoms with van der Waals surface area (Å²) in [7, 11) is 0. The van der Waals surface area contributed by atoms with Crippen molar-refractivity contribution in [1.29, 1.82) is 0 Å². The predicted molar refractivity (Wildman–Crippen MR) is 103 cm³/mol. The Balaban J connectivity index is 1.73. The summed E-state index contributed by atoms with van der Waals surface area (Å²) in [5, 5.41) is 15.1. The van der Waals surface area contributed by atoms with Crippen LogP contribution >= 0.6 is 11.6 Å². The molecule has 2 rings (SSSR count). The Bertz CT molecular complexity index is 778. The van der Waals surface area contributed by atoms with Crippen molar-refractivity contribution in [2.24, 2.45) is 0 Å². The summed E-state index contributed by atoms with van der Waals surface area (Å²) in [6, 6.07) is 14.6. The Labute approximate surface area is 162 Å². The molecule has 0 aliphatic rings. The maximum absolute atomic E-state index is 12.0. The molecule has 7 heteroatoms. The molecule has 6 nitrogen and oxygen atoms in total. The van der Waals surface area contributed by atoms with E-state index in [4.69, 9.17) is 11.6 Å². The van der Waals surface area contributed by atoms with E-state index in [2.05, 4.69) is 10.6 Å². The maximum atomic E-state index is 12.0. The summed E-state index contributed by atoms with van der Waals surface area (Å²) < 4.78 is 0. The first-order chi connectivity index (χ1) is 13.0. The second-order valence-electron chi connectivity index (χ2n) is 6.01. The Morgan fingerprint density at radius 3 is 2.30 bits per heavy atom. The fourth-order valence-electron chi connectivity index (χ4n) is 2.47. The van der Waals surface area contributed by atoms with Gasteiger partial charge in [-0.2, -0.15) is 0 Å². The third-order valence-corrected chi connectivity index (χ3v) is 4.14. The highest BCUT2D eigenvalue weighted by Crippen LogP contribution is 2.09. The van der Waals surface area contributed by atoms with E-state index in [0.29, 0.717) is 23.6 Å². The number of halogens is 1. The summed E-state index contributed by atoms with van der Waals surface area (Å²) in [5.41, 5.74) is 1.32. The van der Waals surface area contributed by atoms with Crippen molar-refractivity contribution in [1.82, 2.24) is 10.6 Å². The molecule has 1 atom stereocenters. The molecular weight excluding hydrogens is 368 g/mol. The van der Waals surface area contributed by atoms with Crippen molar-refractivity contribution >= 4 is 29.4 Å². The number of benzene rings is 2. The van der Waals surface area contributed by atoms with Crippen LogP contribution in [0.4, 0.5) is 0 Å². The van der Waals surface area contributed by atoms with Crippen molar-refractivity contribution in [3.05, 3.63) is 70.7 Å². The number of hydrogen-bond acceptors (Lipinski definition) is 3. The number of carbonyl (C=O) groups is 3. The first-order valence-corrected chi connectivity index (χ1v) is 8.93. The number of hydrogen-bond donors (Lipinski definition) is 3. The summed E-state index contributed by atoms with van der Waals surface area (Å²) >= 11 is 5.77. The lowest BCUT2D eigenvalue weighted by Gasteiger charge is -2.14. The quantitative estimate of drug-likeness (QED) is 0.575. The van der Waals surface area contributed by atoms with Crippen molar-refractivity contribution in [3.63, 3.8) is 0 Å². The molecule has 0 heterocycles. The van der Waals surface area contributed by atoms with E-state index in [1.54, 1.807) is 24.3 Å². The zero-order valence-electron chi connectivity index (χ0n) is 14.7. The summed E-state index contributed by atoms with van der Waals surface area (Å²) in [5.74, 6) is -1.69. The monoisotopic (exact) mass is 388 g/mol. The average Bonchev–Trinajstić information content (AvgIpc) is 2.66. The average molecular weight is 389 g/mol. The molecule has 0 saturated carbocycles. The second kappa shape index (κ2) is 10.3. The number of amides is 2. The number of carboxylic acids is 1. The molecule has 0 bridgehead atoms. The molecule has 142 valence electrons. The zero-order valence-corrected chi connectivity index (χ0v) is 15.4. The van der Waals surface area contributed by atoms with E-state index in [9.17, 15) is 19.5 Å². The largest absolute Gasteiger partial charge is 0.480 e. The number of carbonyl (C=O) groups excluding carboxylic acids is 2. The molecule has 2 amide bonds. The maximum Gasteiger partial charge on any atom is 0.326 e. The smallest absolute Gasteiger partial charge is 0.326 e. The lowest BCUT2D eigenvalue weighted by Crippen LogP contribution is -2.42. The molecule has 0 fully saturated rings. The van der Waals surface area contributed by atoms with E-state index in [-0.39, 0.29) is 24.7 Å². The van der Waals surface area contributed by atoms with Gasteiger partial charge in [-0.25, -0.2) is 4.79 Å². The van der Waals surface area contributed by atoms with E-state index < -0.39 is 12.0 Å². The summed E-state index contributed by atoms with van der Waals surface area (Å²) in [6.45, 7) is 0.311. The van der Waals surface area contributed by atoms with Gasteiger partial charge in [-0.1, -0.05) is 41.9 Å². The lowest BCUT2D eigenvalue weighted by atomic mass is 10.1. The second-order valence-corrected chi connectivity index (χ2v) is 6.45.